The molecule has 2 unspecified atom stereocenters. The Hall–Kier alpha value is -3.30. The number of hydrogen-bond donors (Lipinski definition) is 3. The topological polar surface area (TPSA) is 152 Å². The van der Waals surface area contributed by atoms with Crippen LogP contribution in [0.3, 0.4) is 0 Å². The number of Topliss-reactive ketones (excluding diaryl/α,β-unsaturated/α-hetero) is 1. The van der Waals surface area contributed by atoms with Crippen molar-refractivity contribution in [2.45, 2.75) is 23.9 Å². The van der Waals surface area contributed by atoms with Crippen LogP contribution in [0, 0.1) is 0 Å². The maximum Gasteiger partial charge on any atom is 0.334 e. The molecule has 29 heavy (non-hydrogen) atoms. The van der Waals surface area contributed by atoms with Crippen molar-refractivity contribution >= 4 is 24.3 Å². The van der Waals surface area contributed by atoms with Gasteiger partial charge in [0.25, 0.3) is 0 Å². The molecule has 3 rings (SSSR count). The highest BCUT2D eigenvalue weighted by Gasteiger charge is 2.64. The van der Waals surface area contributed by atoms with Gasteiger partial charge in [-0.15, -0.1) is 0 Å². The highest BCUT2D eigenvalue weighted by Crippen LogP contribution is 2.46. The number of rotatable bonds is 8. The number of benzene rings is 1. The molecule has 1 aliphatic rings. The Balaban J connectivity index is 2.39. The van der Waals surface area contributed by atoms with E-state index in [9.17, 15) is 19.5 Å². The van der Waals surface area contributed by atoms with Gasteiger partial charge >= 0.3 is 5.97 Å². The summed E-state index contributed by atoms with van der Waals surface area (Å²) in [5.74, 6) is 2.36. The van der Waals surface area contributed by atoms with Crippen molar-refractivity contribution in [3.05, 3.63) is 59.5 Å². The number of aliphatic carboxylic acids is 1. The number of likely N-dealkylation sites (tertiary alicyclic amines) is 1. The summed E-state index contributed by atoms with van der Waals surface area (Å²) < 4.78 is 5.24. The summed E-state index contributed by atoms with van der Waals surface area (Å²) in [4.78, 5) is 38.5. The second-order valence-corrected chi connectivity index (χ2v) is 6.91. The normalized spacial score (nSPS) is 18.9. The molecule has 0 saturated carbocycles. The van der Waals surface area contributed by atoms with Crippen LogP contribution in [-0.2, 0) is 19.9 Å². The van der Waals surface area contributed by atoms with Crippen molar-refractivity contribution in [2.75, 3.05) is 13.1 Å². The molecule has 9 heteroatoms. The third-order valence-electron chi connectivity index (χ3n) is 5.48. The SMILES string of the molecule is NN=Cc1ccc(C(c2ccoc2)(N2CCCC2)C(N)(C(=O)O)C(=O)C=O)cc1. The van der Waals surface area contributed by atoms with Gasteiger partial charge in [-0.3, -0.25) is 14.5 Å². The number of hydrazone groups is 1. The van der Waals surface area contributed by atoms with E-state index in [1.807, 2.05) is 4.90 Å². The van der Waals surface area contributed by atoms with E-state index in [4.69, 9.17) is 16.0 Å². The van der Waals surface area contributed by atoms with Gasteiger partial charge in [-0.2, -0.15) is 5.10 Å². The van der Waals surface area contributed by atoms with Crippen LogP contribution in [0.4, 0.5) is 0 Å². The van der Waals surface area contributed by atoms with Gasteiger partial charge in [0.15, 0.2) is 6.29 Å². The van der Waals surface area contributed by atoms with E-state index in [1.54, 1.807) is 30.3 Å². The molecule has 0 aliphatic carbocycles. The van der Waals surface area contributed by atoms with E-state index >= 15 is 0 Å². The first-order chi connectivity index (χ1) is 13.9. The predicted octanol–water partition coefficient (Wildman–Crippen LogP) is 0.462. The minimum absolute atomic E-state index is 0.0333. The lowest BCUT2D eigenvalue weighted by atomic mass is 9.65. The molecule has 9 nitrogen and oxygen atoms in total. The Bertz CT molecular complexity index is 919. The maximum absolute atomic E-state index is 12.7. The number of hydrogen-bond acceptors (Lipinski definition) is 8. The monoisotopic (exact) mass is 398 g/mol. The molecular formula is C20H22N4O5. The Morgan fingerprint density at radius 1 is 1.14 bits per heavy atom. The number of aldehydes is 1. The molecule has 1 aromatic heterocycles. The first-order valence-corrected chi connectivity index (χ1v) is 9.06. The Labute approximate surface area is 167 Å². The summed E-state index contributed by atoms with van der Waals surface area (Å²) >= 11 is 0. The maximum atomic E-state index is 12.7. The van der Waals surface area contributed by atoms with Crippen molar-refractivity contribution in [1.82, 2.24) is 4.90 Å². The second-order valence-electron chi connectivity index (χ2n) is 6.91. The van der Waals surface area contributed by atoms with E-state index in [2.05, 4.69) is 5.10 Å². The fourth-order valence-electron chi connectivity index (χ4n) is 4.19. The van der Waals surface area contributed by atoms with Crippen LogP contribution < -0.4 is 11.6 Å². The number of carboxylic acid groups (broad SMARTS) is 1. The lowest BCUT2D eigenvalue weighted by Crippen LogP contribution is -2.74. The molecule has 2 atom stereocenters. The number of carbonyl (C=O) groups is 3. The van der Waals surface area contributed by atoms with E-state index in [-0.39, 0.29) is 6.29 Å². The van der Waals surface area contributed by atoms with Gasteiger partial charge in [-0.1, -0.05) is 24.3 Å². The van der Waals surface area contributed by atoms with Crippen LogP contribution >= 0.6 is 0 Å². The molecule has 152 valence electrons. The van der Waals surface area contributed by atoms with Crippen LogP contribution in [0.25, 0.3) is 0 Å². The predicted molar refractivity (Wildman–Crippen MR) is 104 cm³/mol. The molecule has 1 saturated heterocycles. The van der Waals surface area contributed by atoms with Crippen molar-refractivity contribution in [1.29, 1.82) is 0 Å². The molecule has 2 aromatic rings. The molecule has 0 amide bonds. The molecule has 0 bridgehead atoms. The lowest BCUT2D eigenvalue weighted by molar-refractivity contribution is -0.157. The largest absolute Gasteiger partial charge is 0.479 e. The number of nitrogens with two attached hydrogens (primary N) is 2. The first kappa shape index (κ1) is 20.4. The number of carbonyl (C=O) groups excluding carboxylic acids is 2. The summed E-state index contributed by atoms with van der Waals surface area (Å²) in [5, 5.41) is 13.6. The summed E-state index contributed by atoms with van der Waals surface area (Å²) in [6, 6.07) is 8.25. The third kappa shape index (κ3) is 3.04. The Kier molecular flexibility index (Phi) is 5.62. The highest BCUT2D eigenvalue weighted by molar-refractivity contribution is 6.36. The first-order valence-electron chi connectivity index (χ1n) is 9.06. The number of nitrogens with zero attached hydrogens (tertiary/aromatic N) is 2. The van der Waals surface area contributed by atoms with Gasteiger partial charge < -0.3 is 21.1 Å². The number of ketones is 1. The highest BCUT2D eigenvalue weighted by atomic mass is 16.4. The minimum Gasteiger partial charge on any atom is -0.479 e. The fourth-order valence-corrected chi connectivity index (χ4v) is 4.19. The van der Waals surface area contributed by atoms with Gasteiger partial charge in [-0.25, -0.2) is 4.79 Å². The van der Waals surface area contributed by atoms with Crippen molar-refractivity contribution < 1.29 is 23.9 Å². The van der Waals surface area contributed by atoms with E-state index < -0.39 is 22.8 Å². The minimum atomic E-state index is -2.58. The molecule has 2 heterocycles. The Morgan fingerprint density at radius 2 is 1.79 bits per heavy atom. The summed E-state index contributed by atoms with van der Waals surface area (Å²) in [6.45, 7) is 0.991. The zero-order valence-corrected chi connectivity index (χ0v) is 15.7. The van der Waals surface area contributed by atoms with Gasteiger partial charge in [0.2, 0.25) is 11.3 Å². The van der Waals surface area contributed by atoms with E-state index in [0.29, 0.717) is 29.8 Å². The van der Waals surface area contributed by atoms with Gasteiger partial charge in [-0.05, 0) is 43.1 Å². The number of furan rings is 1. The van der Waals surface area contributed by atoms with Crippen LogP contribution in [0.5, 0.6) is 0 Å². The lowest BCUT2D eigenvalue weighted by Gasteiger charge is -2.49. The average molecular weight is 398 g/mol. The molecule has 1 fully saturated rings. The molecule has 5 N–H and O–H groups in total. The van der Waals surface area contributed by atoms with Gasteiger partial charge in [0, 0.05) is 5.56 Å². The summed E-state index contributed by atoms with van der Waals surface area (Å²) in [7, 11) is 0. The van der Waals surface area contributed by atoms with Crippen LogP contribution in [-0.4, -0.2) is 52.9 Å². The third-order valence-corrected chi connectivity index (χ3v) is 5.48. The van der Waals surface area contributed by atoms with Crippen LogP contribution in [0.2, 0.25) is 0 Å². The van der Waals surface area contributed by atoms with Crippen LogP contribution in [0.15, 0.2) is 52.4 Å². The molecule has 1 aliphatic heterocycles. The average Bonchev–Trinajstić information content (AvgIpc) is 3.44. The van der Waals surface area contributed by atoms with Crippen molar-refractivity contribution in [3.63, 3.8) is 0 Å². The van der Waals surface area contributed by atoms with Gasteiger partial charge in [0.05, 0.1) is 18.7 Å². The van der Waals surface area contributed by atoms with E-state index in [0.717, 1.165) is 12.8 Å². The summed E-state index contributed by atoms with van der Waals surface area (Å²) in [5.41, 5.74) is 3.63. The van der Waals surface area contributed by atoms with Crippen LogP contribution in [0.1, 0.15) is 29.5 Å². The molecule has 1 aromatic carbocycles. The molecule has 0 spiro atoms. The number of carboxylic acids is 1. The zero-order valence-electron chi connectivity index (χ0n) is 15.7. The standard InChI is InChI=1S/C20H22N4O5/c21-19(18(27)28,17(26)12-25)20(16-7-10-29-13-16,24-8-1-2-9-24)15-5-3-14(4-6-15)11-23-22/h3-7,10-13H,1-2,8-9,21-22H2,(H,27,28). The van der Waals surface area contributed by atoms with E-state index in [1.165, 1.54) is 18.7 Å². The van der Waals surface area contributed by atoms with Crippen molar-refractivity contribution in [3.8, 4) is 0 Å². The quantitative estimate of drug-likeness (QED) is 0.145. The molecular weight excluding hydrogens is 376 g/mol. The Morgan fingerprint density at radius 3 is 2.28 bits per heavy atom. The fraction of sp³-hybridized carbons (Fsp3) is 0.300. The second kappa shape index (κ2) is 7.98. The smallest absolute Gasteiger partial charge is 0.334 e. The molecule has 0 radical (unpaired) electrons. The van der Waals surface area contributed by atoms with Crippen molar-refractivity contribution in [2.24, 2.45) is 16.7 Å². The van der Waals surface area contributed by atoms with Gasteiger partial charge in [0.1, 0.15) is 5.54 Å². The zero-order chi connectivity index (χ0) is 21.1. The summed E-state index contributed by atoms with van der Waals surface area (Å²) in [6.07, 6.45) is 5.72.